The van der Waals surface area contributed by atoms with Crippen LogP contribution in [0.5, 0.6) is 0 Å². The summed E-state index contributed by atoms with van der Waals surface area (Å²) >= 11 is 0. The Kier molecular flexibility index (Phi) is 7.26. The topological polar surface area (TPSA) is 57.0 Å². The molecule has 1 aromatic heterocycles. The van der Waals surface area contributed by atoms with E-state index in [2.05, 4.69) is 31.1 Å². The maximum Gasteiger partial charge on any atom is 0.360 e. The lowest BCUT2D eigenvalue weighted by atomic mass is 10.1. The molecule has 0 spiro atoms. The van der Waals surface area contributed by atoms with E-state index in [0.29, 0.717) is 12.3 Å². The minimum Gasteiger partial charge on any atom is -0.461 e. The Balaban J connectivity index is 2.69. The van der Waals surface area contributed by atoms with Crippen LogP contribution in [0.3, 0.4) is 0 Å². The van der Waals surface area contributed by atoms with Crippen LogP contribution < -0.4 is 0 Å². The zero-order valence-electron chi connectivity index (χ0n) is 13.2. The van der Waals surface area contributed by atoms with Crippen LogP contribution in [0.15, 0.2) is 0 Å². The first kappa shape index (κ1) is 16.7. The fraction of sp³-hybridized carbons (Fsp3) is 0.800. The molecule has 1 heterocycles. The van der Waals surface area contributed by atoms with Crippen molar-refractivity contribution >= 4 is 5.97 Å². The standard InChI is InChI=1S/C15H27N3O2/c1-5-7-8-9-10-11-18-14(12(3)4)13(16-17-18)15(19)20-6-2/h12H,5-11H2,1-4H3. The van der Waals surface area contributed by atoms with Crippen molar-refractivity contribution in [3.63, 3.8) is 0 Å². The van der Waals surface area contributed by atoms with Crippen molar-refractivity contribution < 1.29 is 9.53 Å². The van der Waals surface area contributed by atoms with Crippen LogP contribution in [-0.4, -0.2) is 27.6 Å². The van der Waals surface area contributed by atoms with E-state index in [4.69, 9.17) is 4.74 Å². The summed E-state index contributed by atoms with van der Waals surface area (Å²) in [6.45, 7) is 9.29. The molecule has 0 aromatic carbocycles. The summed E-state index contributed by atoms with van der Waals surface area (Å²) in [5.41, 5.74) is 1.26. The Morgan fingerprint density at radius 2 is 1.90 bits per heavy atom. The fourth-order valence-electron chi connectivity index (χ4n) is 2.27. The molecule has 0 bridgehead atoms. The van der Waals surface area contributed by atoms with E-state index in [0.717, 1.165) is 18.7 Å². The number of carbonyl (C=O) groups is 1. The predicted molar refractivity (Wildman–Crippen MR) is 78.8 cm³/mol. The molecule has 0 N–H and O–H groups in total. The summed E-state index contributed by atoms with van der Waals surface area (Å²) in [5, 5.41) is 8.13. The van der Waals surface area contributed by atoms with E-state index in [1.807, 2.05) is 4.68 Å². The Bertz CT molecular complexity index is 413. The second-order valence-corrected chi connectivity index (χ2v) is 5.34. The number of nitrogens with zero attached hydrogens (tertiary/aromatic N) is 3. The fourth-order valence-corrected chi connectivity index (χ4v) is 2.27. The van der Waals surface area contributed by atoms with Gasteiger partial charge in [-0.3, -0.25) is 0 Å². The second kappa shape index (κ2) is 8.72. The highest BCUT2D eigenvalue weighted by atomic mass is 16.5. The van der Waals surface area contributed by atoms with Gasteiger partial charge in [-0.15, -0.1) is 5.10 Å². The molecule has 0 aliphatic heterocycles. The van der Waals surface area contributed by atoms with Crippen molar-refractivity contribution in [3.05, 3.63) is 11.4 Å². The molecule has 0 aliphatic rings. The van der Waals surface area contributed by atoms with Gasteiger partial charge in [-0.05, 0) is 19.3 Å². The van der Waals surface area contributed by atoms with Gasteiger partial charge in [0.05, 0.1) is 12.3 Å². The Morgan fingerprint density at radius 1 is 1.20 bits per heavy atom. The maximum atomic E-state index is 11.9. The summed E-state index contributed by atoms with van der Waals surface area (Å²) < 4.78 is 6.90. The number of hydrogen-bond acceptors (Lipinski definition) is 4. The van der Waals surface area contributed by atoms with Gasteiger partial charge in [0.2, 0.25) is 0 Å². The summed E-state index contributed by atoms with van der Waals surface area (Å²) in [5.74, 6) is -0.159. The number of aryl methyl sites for hydroxylation is 1. The smallest absolute Gasteiger partial charge is 0.360 e. The third kappa shape index (κ3) is 4.62. The van der Waals surface area contributed by atoms with E-state index < -0.39 is 0 Å². The molecule has 1 aromatic rings. The van der Waals surface area contributed by atoms with E-state index in [-0.39, 0.29) is 11.9 Å². The van der Waals surface area contributed by atoms with Gasteiger partial charge in [-0.25, -0.2) is 9.48 Å². The third-order valence-electron chi connectivity index (χ3n) is 3.26. The van der Waals surface area contributed by atoms with Crippen LogP contribution in [-0.2, 0) is 11.3 Å². The van der Waals surface area contributed by atoms with E-state index in [1.54, 1.807) is 6.92 Å². The first-order chi connectivity index (χ1) is 9.61. The van der Waals surface area contributed by atoms with E-state index >= 15 is 0 Å². The summed E-state index contributed by atoms with van der Waals surface area (Å²) in [7, 11) is 0. The highest BCUT2D eigenvalue weighted by molar-refractivity contribution is 5.88. The number of esters is 1. The van der Waals surface area contributed by atoms with Crippen molar-refractivity contribution in [1.82, 2.24) is 15.0 Å². The molecule has 5 nitrogen and oxygen atoms in total. The lowest BCUT2D eigenvalue weighted by Gasteiger charge is -2.10. The van der Waals surface area contributed by atoms with Gasteiger partial charge in [0.25, 0.3) is 0 Å². The van der Waals surface area contributed by atoms with Gasteiger partial charge >= 0.3 is 5.97 Å². The monoisotopic (exact) mass is 281 g/mol. The van der Waals surface area contributed by atoms with Crippen molar-refractivity contribution in [3.8, 4) is 0 Å². The average Bonchev–Trinajstić information content (AvgIpc) is 2.83. The first-order valence-corrected chi connectivity index (χ1v) is 7.72. The second-order valence-electron chi connectivity index (χ2n) is 5.34. The lowest BCUT2D eigenvalue weighted by Crippen LogP contribution is -2.12. The van der Waals surface area contributed by atoms with Crippen LogP contribution in [0.1, 0.15) is 81.9 Å². The Hall–Kier alpha value is -1.39. The predicted octanol–water partition coefficient (Wildman–Crippen LogP) is 3.55. The minimum atomic E-state index is -0.367. The SMILES string of the molecule is CCCCCCCn1nnc(C(=O)OCC)c1C(C)C. The molecular formula is C15H27N3O2. The molecule has 0 aliphatic carbocycles. The summed E-state index contributed by atoms with van der Waals surface area (Å²) in [4.78, 5) is 11.9. The van der Waals surface area contributed by atoms with Crippen LogP contribution in [0.25, 0.3) is 0 Å². The van der Waals surface area contributed by atoms with Crippen LogP contribution >= 0.6 is 0 Å². The van der Waals surface area contributed by atoms with Crippen molar-refractivity contribution in [2.45, 2.75) is 72.3 Å². The molecule has 0 saturated heterocycles. The molecular weight excluding hydrogens is 254 g/mol. The number of unbranched alkanes of at least 4 members (excludes halogenated alkanes) is 4. The minimum absolute atomic E-state index is 0.208. The highest BCUT2D eigenvalue weighted by Gasteiger charge is 2.22. The van der Waals surface area contributed by atoms with Gasteiger partial charge < -0.3 is 4.74 Å². The quantitative estimate of drug-likeness (QED) is 0.513. The van der Waals surface area contributed by atoms with Gasteiger partial charge in [0.1, 0.15) is 0 Å². The average molecular weight is 281 g/mol. The molecule has 20 heavy (non-hydrogen) atoms. The highest BCUT2D eigenvalue weighted by Crippen LogP contribution is 2.19. The normalized spacial score (nSPS) is 11.1. The molecule has 0 atom stereocenters. The lowest BCUT2D eigenvalue weighted by molar-refractivity contribution is 0.0517. The number of carbonyl (C=O) groups excluding carboxylic acids is 1. The van der Waals surface area contributed by atoms with Gasteiger partial charge in [0, 0.05) is 6.54 Å². The number of hydrogen-bond donors (Lipinski definition) is 0. The molecule has 0 fully saturated rings. The molecule has 0 amide bonds. The molecule has 1 rings (SSSR count). The van der Waals surface area contributed by atoms with E-state index in [1.165, 1.54) is 25.7 Å². The zero-order valence-corrected chi connectivity index (χ0v) is 13.2. The number of aromatic nitrogens is 3. The first-order valence-electron chi connectivity index (χ1n) is 7.72. The molecule has 0 radical (unpaired) electrons. The number of rotatable bonds is 9. The Morgan fingerprint density at radius 3 is 2.50 bits per heavy atom. The molecule has 114 valence electrons. The largest absolute Gasteiger partial charge is 0.461 e. The van der Waals surface area contributed by atoms with Gasteiger partial charge in [0.15, 0.2) is 5.69 Å². The molecule has 5 heteroatoms. The zero-order chi connectivity index (χ0) is 15.0. The van der Waals surface area contributed by atoms with Gasteiger partial charge in [-0.2, -0.15) is 0 Å². The number of ether oxygens (including phenoxy) is 1. The van der Waals surface area contributed by atoms with E-state index in [9.17, 15) is 4.79 Å². The van der Waals surface area contributed by atoms with Crippen molar-refractivity contribution in [2.75, 3.05) is 6.61 Å². The van der Waals surface area contributed by atoms with Crippen molar-refractivity contribution in [2.24, 2.45) is 0 Å². The van der Waals surface area contributed by atoms with Crippen LogP contribution in [0.2, 0.25) is 0 Å². The van der Waals surface area contributed by atoms with Crippen LogP contribution in [0, 0.1) is 0 Å². The summed E-state index contributed by atoms with van der Waals surface area (Å²) in [6.07, 6.45) is 6.05. The van der Waals surface area contributed by atoms with Gasteiger partial charge in [-0.1, -0.05) is 51.7 Å². The molecule has 0 unspecified atom stereocenters. The third-order valence-corrected chi connectivity index (χ3v) is 3.26. The Labute approximate surface area is 121 Å². The van der Waals surface area contributed by atoms with Crippen molar-refractivity contribution in [1.29, 1.82) is 0 Å². The maximum absolute atomic E-state index is 11.9. The van der Waals surface area contributed by atoms with Crippen LogP contribution in [0.4, 0.5) is 0 Å². The summed E-state index contributed by atoms with van der Waals surface area (Å²) in [6, 6.07) is 0. The molecule has 0 saturated carbocycles.